The number of carbonyl (C=O) groups is 1. The van der Waals surface area contributed by atoms with E-state index in [9.17, 15) is 14.9 Å². The Bertz CT molecular complexity index is 1130. The molecule has 2 aromatic carbocycles. The van der Waals surface area contributed by atoms with E-state index < -0.39 is 10.8 Å². The minimum Gasteiger partial charge on any atom is -0.318 e. The van der Waals surface area contributed by atoms with Crippen molar-refractivity contribution in [3.8, 4) is 5.69 Å². The molecule has 0 aliphatic carbocycles. The molecule has 0 fully saturated rings. The minimum atomic E-state index is -0.489. The summed E-state index contributed by atoms with van der Waals surface area (Å²) in [4.78, 5) is 22.8. The van der Waals surface area contributed by atoms with E-state index in [1.165, 1.54) is 24.5 Å². The second kappa shape index (κ2) is 10.5. The Kier molecular flexibility index (Phi) is 7.54. The zero-order chi connectivity index (χ0) is 23.1. The molecule has 7 nitrogen and oxygen atoms in total. The van der Waals surface area contributed by atoms with Crippen molar-refractivity contribution in [2.24, 2.45) is 5.10 Å². The number of rotatable bonds is 9. The second-order valence-electron chi connectivity index (χ2n) is 7.79. The summed E-state index contributed by atoms with van der Waals surface area (Å²) in [5.41, 5.74) is 8.14. The molecule has 166 valence electrons. The molecule has 0 atom stereocenters. The molecule has 0 unspecified atom stereocenters. The number of aryl methyl sites for hydroxylation is 2. The quantitative estimate of drug-likeness (QED) is 0.292. The van der Waals surface area contributed by atoms with Crippen LogP contribution in [0, 0.1) is 24.0 Å². The van der Waals surface area contributed by atoms with E-state index >= 15 is 0 Å². The number of para-hydroxylation sites is 1. The van der Waals surface area contributed by atoms with E-state index in [0.29, 0.717) is 5.56 Å². The standard InChI is InChI=1S/C25H28N4O3/c1-4-5-8-20-11-13-23(14-12-20)28-18(2)15-22(19(28)3)17-26-27-25(30)16-21-9-6-7-10-24(21)29(31)32/h6-7,9-15,17H,4-5,8,16H2,1-3H3,(H,27,30). The van der Waals surface area contributed by atoms with Crippen LogP contribution in [0.25, 0.3) is 5.69 Å². The van der Waals surface area contributed by atoms with Crippen LogP contribution in [0.4, 0.5) is 5.69 Å². The van der Waals surface area contributed by atoms with Gasteiger partial charge in [0.05, 0.1) is 17.6 Å². The number of aromatic nitrogens is 1. The largest absolute Gasteiger partial charge is 0.318 e. The van der Waals surface area contributed by atoms with Crippen molar-refractivity contribution in [1.29, 1.82) is 0 Å². The Morgan fingerprint density at radius 3 is 2.56 bits per heavy atom. The van der Waals surface area contributed by atoms with E-state index in [1.54, 1.807) is 24.4 Å². The molecule has 3 aromatic rings. The molecule has 32 heavy (non-hydrogen) atoms. The van der Waals surface area contributed by atoms with Crippen molar-refractivity contribution < 1.29 is 9.72 Å². The lowest BCUT2D eigenvalue weighted by molar-refractivity contribution is -0.385. The Hall–Kier alpha value is -3.74. The third-order valence-electron chi connectivity index (χ3n) is 5.42. The van der Waals surface area contributed by atoms with Crippen molar-refractivity contribution >= 4 is 17.8 Å². The number of amides is 1. The molecule has 1 N–H and O–H groups in total. The first kappa shape index (κ1) is 22.9. The third-order valence-corrected chi connectivity index (χ3v) is 5.42. The predicted octanol–water partition coefficient (Wildman–Crippen LogP) is 5.04. The average molecular weight is 433 g/mol. The van der Waals surface area contributed by atoms with Gasteiger partial charge in [0.1, 0.15) is 0 Å². The molecule has 0 aliphatic rings. The molecule has 1 amide bonds. The molecule has 0 aliphatic heterocycles. The molecular weight excluding hydrogens is 404 g/mol. The average Bonchev–Trinajstić information content (AvgIpc) is 3.06. The topological polar surface area (TPSA) is 89.5 Å². The van der Waals surface area contributed by atoms with Crippen LogP contribution in [-0.4, -0.2) is 21.6 Å². The summed E-state index contributed by atoms with van der Waals surface area (Å²) in [5.74, 6) is -0.410. The maximum Gasteiger partial charge on any atom is 0.273 e. The summed E-state index contributed by atoms with van der Waals surface area (Å²) in [5, 5.41) is 15.2. The van der Waals surface area contributed by atoms with Gasteiger partial charge >= 0.3 is 0 Å². The van der Waals surface area contributed by atoms with Crippen molar-refractivity contribution in [2.45, 2.75) is 46.5 Å². The summed E-state index contributed by atoms with van der Waals surface area (Å²) >= 11 is 0. The van der Waals surface area contributed by atoms with Crippen LogP contribution in [0.2, 0.25) is 0 Å². The zero-order valence-corrected chi connectivity index (χ0v) is 18.7. The Balaban J connectivity index is 1.68. The molecule has 3 rings (SSSR count). The summed E-state index contributed by atoms with van der Waals surface area (Å²) in [6.07, 6.45) is 4.94. The second-order valence-corrected chi connectivity index (χ2v) is 7.79. The number of hydrogen-bond donors (Lipinski definition) is 1. The molecule has 1 heterocycles. The maximum atomic E-state index is 12.2. The molecule has 0 saturated heterocycles. The van der Waals surface area contributed by atoms with Crippen LogP contribution in [-0.2, 0) is 17.6 Å². The van der Waals surface area contributed by atoms with Crippen molar-refractivity contribution in [2.75, 3.05) is 0 Å². The number of carbonyl (C=O) groups excluding carboxylic acids is 1. The van der Waals surface area contributed by atoms with Gasteiger partial charge in [0.2, 0.25) is 5.91 Å². The van der Waals surface area contributed by atoms with Crippen molar-refractivity contribution in [1.82, 2.24) is 9.99 Å². The van der Waals surface area contributed by atoms with Crippen LogP contribution in [0.5, 0.6) is 0 Å². The Morgan fingerprint density at radius 2 is 1.88 bits per heavy atom. The van der Waals surface area contributed by atoms with Gasteiger partial charge in [-0.1, -0.05) is 43.7 Å². The fourth-order valence-corrected chi connectivity index (χ4v) is 3.73. The van der Waals surface area contributed by atoms with Crippen LogP contribution in [0.15, 0.2) is 59.7 Å². The highest BCUT2D eigenvalue weighted by Crippen LogP contribution is 2.21. The first-order valence-electron chi connectivity index (χ1n) is 10.7. The first-order chi connectivity index (χ1) is 15.4. The molecule has 0 spiro atoms. The van der Waals surface area contributed by atoms with Crippen LogP contribution in [0.3, 0.4) is 0 Å². The lowest BCUT2D eigenvalue weighted by Crippen LogP contribution is -2.20. The summed E-state index contributed by atoms with van der Waals surface area (Å²) < 4.78 is 2.15. The molecule has 1 aromatic heterocycles. The van der Waals surface area contributed by atoms with Crippen molar-refractivity contribution in [3.05, 3.63) is 92.8 Å². The monoisotopic (exact) mass is 432 g/mol. The maximum absolute atomic E-state index is 12.2. The zero-order valence-electron chi connectivity index (χ0n) is 18.7. The van der Waals surface area contributed by atoms with Crippen molar-refractivity contribution in [3.63, 3.8) is 0 Å². The van der Waals surface area contributed by atoms with E-state index in [1.807, 2.05) is 19.9 Å². The highest BCUT2D eigenvalue weighted by Gasteiger charge is 2.15. The van der Waals surface area contributed by atoms with E-state index in [2.05, 4.69) is 46.3 Å². The Morgan fingerprint density at radius 1 is 1.16 bits per heavy atom. The number of benzene rings is 2. The van der Waals surface area contributed by atoms with Crippen LogP contribution >= 0.6 is 0 Å². The van der Waals surface area contributed by atoms with E-state index in [-0.39, 0.29) is 12.1 Å². The van der Waals surface area contributed by atoms with Gasteiger partial charge in [-0.2, -0.15) is 5.10 Å². The Labute approximate surface area is 187 Å². The number of hydrogen-bond acceptors (Lipinski definition) is 4. The van der Waals surface area contributed by atoms with Crippen LogP contribution in [0.1, 0.15) is 47.8 Å². The van der Waals surface area contributed by atoms with Gasteiger partial charge in [-0.15, -0.1) is 0 Å². The molecule has 7 heteroatoms. The van der Waals surface area contributed by atoms with Gasteiger partial charge in [-0.25, -0.2) is 5.43 Å². The van der Waals surface area contributed by atoms with Crippen LogP contribution < -0.4 is 5.43 Å². The smallest absolute Gasteiger partial charge is 0.273 e. The van der Waals surface area contributed by atoms with E-state index in [4.69, 9.17) is 0 Å². The number of nitrogens with one attached hydrogen (secondary N) is 1. The highest BCUT2D eigenvalue weighted by atomic mass is 16.6. The van der Waals surface area contributed by atoms with Gasteiger partial charge in [0.25, 0.3) is 5.69 Å². The minimum absolute atomic E-state index is 0.0733. The van der Waals surface area contributed by atoms with E-state index in [0.717, 1.165) is 29.1 Å². The van der Waals surface area contributed by atoms with Gasteiger partial charge in [0, 0.05) is 34.3 Å². The van der Waals surface area contributed by atoms with Gasteiger partial charge in [0.15, 0.2) is 0 Å². The fourth-order valence-electron chi connectivity index (χ4n) is 3.73. The summed E-state index contributed by atoms with van der Waals surface area (Å²) in [6, 6.07) is 16.8. The third kappa shape index (κ3) is 5.49. The van der Waals surface area contributed by atoms with Gasteiger partial charge < -0.3 is 4.57 Å². The summed E-state index contributed by atoms with van der Waals surface area (Å²) in [6.45, 7) is 6.23. The van der Waals surface area contributed by atoms with Gasteiger partial charge in [-0.05, 0) is 50.5 Å². The highest BCUT2D eigenvalue weighted by molar-refractivity contribution is 5.85. The fraction of sp³-hybridized carbons (Fsp3) is 0.280. The summed E-state index contributed by atoms with van der Waals surface area (Å²) in [7, 11) is 0. The number of unbranched alkanes of at least 4 members (excludes halogenated alkanes) is 1. The number of nitro groups is 1. The van der Waals surface area contributed by atoms with Gasteiger partial charge in [-0.3, -0.25) is 14.9 Å². The molecule has 0 radical (unpaired) electrons. The molecular formula is C25H28N4O3. The predicted molar refractivity (Wildman–Crippen MR) is 126 cm³/mol. The molecule has 0 saturated carbocycles. The number of nitrogens with zero attached hydrogens (tertiary/aromatic N) is 3. The normalized spacial score (nSPS) is 11.1. The first-order valence-corrected chi connectivity index (χ1v) is 10.7. The lowest BCUT2D eigenvalue weighted by Gasteiger charge is -2.10. The molecule has 0 bridgehead atoms. The lowest BCUT2D eigenvalue weighted by atomic mass is 10.1. The number of nitro benzene ring substituents is 1. The SMILES string of the molecule is CCCCc1ccc(-n2c(C)cc(C=NNC(=O)Cc3ccccc3[N+](=O)[O-])c2C)cc1. The number of hydrazone groups is 1.